The van der Waals surface area contributed by atoms with Crippen LogP contribution in [0.5, 0.6) is 0 Å². The molecule has 90 valence electrons. The molecule has 5 heteroatoms. The lowest BCUT2D eigenvalue weighted by Crippen LogP contribution is -2.26. The number of nitrogens with two attached hydrogens (primary N) is 1. The van der Waals surface area contributed by atoms with Crippen LogP contribution >= 0.6 is 39.9 Å². The molecule has 0 spiro atoms. The minimum Gasteiger partial charge on any atom is -0.326 e. The highest BCUT2D eigenvalue weighted by molar-refractivity contribution is 9.10. The van der Waals surface area contributed by atoms with Crippen molar-refractivity contribution in [3.05, 3.63) is 33.3 Å². The molecule has 1 fully saturated rings. The maximum absolute atomic E-state index is 5.89. The van der Waals surface area contributed by atoms with Gasteiger partial charge in [-0.15, -0.1) is 12.4 Å². The van der Waals surface area contributed by atoms with E-state index in [-0.39, 0.29) is 12.4 Å². The molecule has 1 atom stereocenters. The highest BCUT2D eigenvalue weighted by Gasteiger charge is 2.19. The van der Waals surface area contributed by atoms with E-state index in [2.05, 4.69) is 26.9 Å². The zero-order valence-corrected chi connectivity index (χ0v) is 12.0. The topological polar surface area (TPSA) is 29.3 Å². The van der Waals surface area contributed by atoms with Crippen molar-refractivity contribution in [2.75, 3.05) is 13.1 Å². The summed E-state index contributed by atoms with van der Waals surface area (Å²) in [5.41, 5.74) is 7.14. The van der Waals surface area contributed by atoms with Gasteiger partial charge in [-0.2, -0.15) is 0 Å². The fraction of sp³-hybridized carbons (Fsp3) is 0.455. The van der Waals surface area contributed by atoms with Gasteiger partial charge in [0.1, 0.15) is 0 Å². The van der Waals surface area contributed by atoms with Crippen molar-refractivity contribution in [2.45, 2.75) is 19.0 Å². The van der Waals surface area contributed by atoms with E-state index in [0.717, 1.165) is 35.6 Å². The monoisotopic (exact) mass is 324 g/mol. The zero-order chi connectivity index (χ0) is 10.8. The molecule has 1 aliphatic rings. The van der Waals surface area contributed by atoms with Crippen molar-refractivity contribution in [3.8, 4) is 0 Å². The number of rotatable bonds is 2. The largest absolute Gasteiger partial charge is 0.326 e. The minimum atomic E-state index is 0. The summed E-state index contributed by atoms with van der Waals surface area (Å²) in [6, 6.07) is 6.27. The summed E-state index contributed by atoms with van der Waals surface area (Å²) in [7, 11) is 0. The molecule has 1 heterocycles. The third kappa shape index (κ3) is 3.60. The summed E-state index contributed by atoms with van der Waals surface area (Å²) in [6.45, 7) is 3.04. The van der Waals surface area contributed by atoms with Gasteiger partial charge in [-0.05, 0) is 24.1 Å². The van der Waals surface area contributed by atoms with E-state index in [4.69, 9.17) is 17.3 Å². The SMILES string of the molecule is Cl.NC1CCN(Cc2ccc(Cl)cc2Br)C1. The van der Waals surface area contributed by atoms with Crippen molar-refractivity contribution >= 4 is 39.9 Å². The van der Waals surface area contributed by atoms with Gasteiger partial charge in [0.25, 0.3) is 0 Å². The first-order valence-electron chi connectivity index (χ1n) is 5.07. The van der Waals surface area contributed by atoms with E-state index in [1.54, 1.807) is 0 Å². The van der Waals surface area contributed by atoms with E-state index in [1.807, 2.05) is 12.1 Å². The van der Waals surface area contributed by atoms with Crippen molar-refractivity contribution in [3.63, 3.8) is 0 Å². The molecule has 2 N–H and O–H groups in total. The van der Waals surface area contributed by atoms with Gasteiger partial charge in [0.15, 0.2) is 0 Å². The van der Waals surface area contributed by atoms with Gasteiger partial charge < -0.3 is 5.73 Å². The van der Waals surface area contributed by atoms with E-state index in [1.165, 1.54) is 5.56 Å². The highest BCUT2D eigenvalue weighted by atomic mass is 79.9. The third-order valence-corrected chi connectivity index (χ3v) is 3.69. The summed E-state index contributed by atoms with van der Waals surface area (Å²) in [5.74, 6) is 0. The van der Waals surface area contributed by atoms with Crippen molar-refractivity contribution in [1.29, 1.82) is 0 Å². The Morgan fingerprint density at radius 1 is 1.50 bits per heavy atom. The molecule has 0 aliphatic carbocycles. The van der Waals surface area contributed by atoms with Crippen molar-refractivity contribution < 1.29 is 0 Å². The highest BCUT2D eigenvalue weighted by Crippen LogP contribution is 2.23. The van der Waals surface area contributed by atoms with Gasteiger partial charge in [0.05, 0.1) is 0 Å². The Morgan fingerprint density at radius 2 is 2.25 bits per heavy atom. The normalized spacial score (nSPS) is 20.8. The van der Waals surface area contributed by atoms with E-state index in [0.29, 0.717) is 6.04 Å². The second-order valence-corrected chi connectivity index (χ2v) is 5.31. The lowest BCUT2D eigenvalue weighted by Gasteiger charge is -2.16. The van der Waals surface area contributed by atoms with Gasteiger partial charge in [-0.25, -0.2) is 0 Å². The molecule has 16 heavy (non-hydrogen) atoms. The van der Waals surface area contributed by atoms with E-state index in [9.17, 15) is 0 Å². The van der Waals surface area contributed by atoms with Crippen LogP contribution in [0, 0.1) is 0 Å². The summed E-state index contributed by atoms with van der Waals surface area (Å²) < 4.78 is 1.08. The second-order valence-electron chi connectivity index (χ2n) is 4.02. The maximum atomic E-state index is 5.89. The molecule has 1 aromatic carbocycles. The number of halogens is 3. The van der Waals surface area contributed by atoms with Gasteiger partial charge in [0, 0.05) is 35.2 Å². The van der Waals surface area contributed by atoms with Crippen LogP contribution in [0.1, 0.15) is 12.0 Å². The predicted octanol–water partition coefficient (Wildman–Crippen LogP) is 3.06. The molecule has 0 amide bonds. The first-order valence-corrected chi connectivity index (χ1v) is 6.24. The van der Waals surface area contributed by atoms with Crippen LogP contribution < -0.4 is 5.73 Å². The fourth-order valence-electron chi connectivity index (χ4n) is 1.90. The Kier molecular flexibility index (Phi) is 5.54. The summed E-state index contributed by atoms with van der Waals surface area (Å²) in [4.78, 5) is 2.37. The molecule has 1 unspecified atom stereocenters. The van der Waals surface area contributed by atoms with Gasteiger partial charge in [-0.3, -0.25) is 4.90 Å². The van der Waals surface area contributed by atoms with Crippen LogP contribution in [0.3, 0.4) is 0 Å². The lowest BCUT2D eigenvalue weighted by molar-refractivity contribution is 0.326. The lowest BCUT2D eigenvalue weighted by atomic mass is 10.2. The first kappa shape index (κ1) is 14.3. The summed E-state index contributed by atoms with van der Waals surface area (Å²) >= 11 is 9.42. The zero-order valence-electron chi connectivity index (χ0n) is 8.83. The predicted molar refractivity (Wildman–Crippen MR) is 74.3 cm³/mol. The van der Waals surface area contributed by atoms with Gasteiger partial charge in [-0.1, -0.05) is 33.6 Å². The number of hydrogen-bond donors (Lipinski definition) is 1. The Morgan fingerprint density at radius 3 is 2.81 bits per heavy atom. The van der Waals surface area contributed by atoms with Crippen molar-refractivity contribution in [1.82, 2.24) is 4.90 Å². The smallest absolute Gasteiger partial charge is 0.0417 e. The summed E-state index contributed by atoms with van der Waals surface area (Å²) in [5, 5.41) is 0.767. The molecule has 0 aromatic heterocycles. The maximum Gasteiger partial charge on any atom is 0.0417 e. The molecule has 0 bridgehead atoms. The first-order chi connectivity index (χ1) is 7.15. The van der Waals surface area contributed by atoms with Crippen LogP contribution in [-0.2, 0) is 6.54 Å². The van der Waals surface area contributed by atoms with Crippen LogP contribution in [0.2, 0.25) is 5.02 Å². The number of nitrogens with zero attached hydrogens (tertiary/aromatic N) is 1. The Balaban J connectivity index is 0.00000128. The Hall–Kier alpha value is 0.200. The van der Waals surface area contributed by atoms with Crippen molar-refractivity contribution in [2.24, 2.45) is 5.73 Å². The molecule has 2 nitrogen and oxygen atoms in total. The van der Waals surface area contributed by atoms with Gasteiger partial charge >= 0.3 is 0 Å². The van der Waals surface area contributed by atoms with Crippen LogP contribution in [0.25, 0.3) is 0 Å². The quantitative estimate of drug-likeness (QED) is 0.905. The fourth-order valence-corrected chi connectivity index (χ4v) is 2.71. The van der Waals surface area contributed by atoms with Gasteiger partial charge in [0.2, 0.25) is 0 Å². The molecule has 1 saturated heterocycles. The number of benzene rings is 1. The molecule has 1 aromatic rings. The second kappa shape index (κ2) is 6.22. The van der Waals surface area contributed by atoms with Crippen LogP contribution in [-0.4, -0.2) is 24.0 Å². The third-order valence-electron chi connectivity index (χ3n) is 2.72. The molecular weight excluding hydrogens is 311 g/mol. The van der Waals surface area contributed by atoms with E-state index >= 15 is 0 Å². The standard InChI is InChI=1S/C11H14BrClN2.ClH/c12-11-5-9(13)2-1-8(11)6-15-4-3-10(14)7-15;/h1-2,5,10H,3-4,6-7,14H2;1H. The summed E-state index contributed by atoms with van der Waals surface area (Å²) in [6.07, 6.45) is 1.10. The molecule has 2 rings (SSSR count). The minimum absolute atomic E-state index is 0. The molecular formula is C11H15BrCl2N2. The van der Waals surface area contributed by atoms with Crippen LogP contribution in [0.4, 0.5) is 0 Å². The number of likely N-dealkylation sites (tertiary alicyclic amines) is 1. The average Bonchev–Trinajstić information content (AvgIpc) is 2.56. The Bertz CT molecular complexity index is 360. The average molecular weight is 326 g/mol. The molecule has 1 aliphatic heterocycles. The molecule has 0 saturated carbocycles. The number of hydrogen-bond acceptors (Lipinski definition) is 2. The molecule has 0 radical (unpaired) electrons. The Labute approximate surface area is 116 Å². The van der Waals surface area contributed by atoms with E-state index < -0.39 is 0 Å². The van der Waals surface area contributed by atoms with Crippen LogP contribution in [0.15, 0.2) is 22.7 Å².